The van der Waals surface area contributed by atoms with Gasteiger partial charge in [0, 0.05) is 11.5 Å². The predicted octanol–water partition coefficient (Wildman–Crippen LogP) is 2.37. The lowest BCUT2D eigenvalue weighted by molar-refractivity contribution is 0.689. The van der Waals surface area contributed by atoms with Crippen molar-refractivity contribution >= 4 is 28.1 Å². The van der Waals surface area contributed by atoms with Gasteiger partial charge in [-0.3, -0.25) is 4.21 Å². The Balaban J connectivity index is 2.50. The maximum Gasteiger partial charge on any atom is 0.102 e. The summed E-state index contributed by atoms with van der Waals surface area (Å²) >= 11 is 1.53. The zero-order valence-corrected chi connectivity index (χ0v) is 9.61. The van der Waals surface area contributed by atoms with Crippen molar-refractivity contribution in [2.75, 3.05) is 11.5 Å². The first-order valence-electron chi connectivity index (χ1n) is 4.54. The lowest BCUT2D eigenvalue weighted by Gasteiger charge is -2.01. The zero-order chi connectivity index (χ0) is 10.7. The van der Waals surface area contributed by atoms with E-state index in [1.165, 1.54) is 11.8 Å². The molecule has 0 amide bonds. The molecule has 1 unspecified atom stereocenters. The third-order valence-electron chi connectivity index (χ3n) is 2.09. The van der Waals surface area contributed by atoms with Gasteiger partial charge in [-0.15, -0.1) is 11.8 Å². The topological polar surface area (TPSA) is 40.9 Å². The average molecular weight is 235 g/mol. The summed E-state index contributed by atoms with van der Waals surface area (Å²) in [6, 6.07) is 11.6. The summed E-state index contributed by atoms with van der Waals surface area (Å²) in [5, 5.41) is 9.10. The van der Waals surface area contributed by atoms with Crippen molar-refractivity contribution in [1.82, 2.24) is 0 Å². The Kier molecular flexibility index (Phi) is 3.24. The molecule has 0 spiro atoms. The van der Waals surface area contributed by atoms with Crippen LogP contribution < -0.4 is 0 Å². The standard InChI is InChI=1S/C11H9NOS2/c12-8-10(9-4-2-1-3-5-9)11-14-6-7-15(11)13/h1-5H,6-7H2/b11-10-. The van der Waals surface area contributed by atoms with E-state index in [2.05, 4.69) is 6.07 Å². The first-order valence-corrected chi connectivity index (χ1v) is 6.84. The van der Waals surface area contributed by atoms with Crippen LogP contribution in [-0.4, -0.2) is 15.7 Å². The molecule has 0 bridgehead atoms. The van der Waals surface area contributed by atoms with E-state index < -0.39 is 10.8 Å². The van der Waals surface area contributed by atoms with Gasteiger partial charge in [0.15, 0.2) is 0 Å². The fourth-order valence-electron chi connectivity index (χ4n) is 1.39. The van der Waals surface area contributed by atoms with Crippen molar-refractivity contribution in [2.45, 2.75) is 0 Å². The average Bonchev–Trinajstić information content (AvgIpc) is 2.68. The van der Waals surface area contributed by atoms with E-state index in [9.17, 15) is 4.21 Å². The summed E-state index contributed by atoms with van der Waals surface area (Å²) in [4.78, 5) is 0. The van der Waals surface area contributed by atoms with Crippen molar-refractivity contribution in [2.24, 2.45) is 0 Å². The molecule has 0 saturated carbocycles. The molecule has 1 heterocycles. The fraction of sp³-hybridized carbons (Fsp3) is 0.182. The minimum Gasteiger partial charge on any atom is -0.254 e. The van der Waals surface area contributed by atoms with Crippen LogP contribution in [0.5, 0.6) is 0 Å². The van der Waals surface area contributed by atoms with Crippen molar-refractivity contribution in [3.8, 4) is 6.07 Å². The molecule has 76 valence electrons. The summed E-state index contributed by atoms with van der Waals surface area (Å²) in [6.45, 7) is 0. The molecule has 0 aliphatic carbocycles. The SMILES string of the molecule is N#C/C(=C1\SCCS1=O)c1ccccc1. The van der Waals surface area contributed by atoms with Crippen LogP contribution in [0.15, 0.2) is 34.6 Å². The van der Waals surface area contributed by atoms with Crippen LogP contribution in [0.3, 0.4) is 0 Å². The molecule has 1 fully saturated rings. The highest BCUT2D eigenvalue weighted by Crippen LogP contribution is 2.34. The number of thioether (sulfide) groups is 1. The van der Waals surface area contributed by atoms with Crippen LogP contribution in [-0.2, 0) is 10.8 Å². The Morgan fingerprint density at radius 3 is 2.67 bits per heavy atom. The highest BCUT2D eigenvalue weighted by Gasteiger charge is 2.21. The number of benzene rings is 1. The number of hydrogen-bond donors (Lipinski definition) is 0. The second-order valence-corrected chi connectivity index (χ2v) is 5.91. The van der Waals surface area contributed by atoms with E-state index in [-0.39, 0.29) is 0 Å². The van der Waals surface area contributed by atoms with E-state index >= 15 is 0 Å². The number of nitrogens with zero attached hydrogens (tertiary/aromatic N) is 1. The van der Waals surface area contributed by atoms with Gasteiger partial charge in [0.25, 0.3) is 0 Å². The van der Waals surface area contributed by atoms with E-state index in [4.69, 9.17) is 5.26 Å². The largest absolute Gasteiger partial charge is 0.254 e. The third kappa shape index (κ3) is 2.14. The summed E-state index contributed by atoms with van der Waals surface area (Å²) in [7, 11) is -0.971. The van der Waals surface area contributed by atoms with Crippen LogP contribution >= 0.6 is 11.8 Å². The van der Waals surface area contributed by atoms with Crippen molar-refractivity contribution in [1.29, 1.82) is 5.26 Å². The monoisotopic (exact) mass is 235 g/mol. The van der Waals surface area contributed by atoms with Crippen molar-refractivity contribution < 1.29 is 4.21 Å². The third-order valence-corrected chi connectivity index (χ3v) is 5.32. The molecule has 1 aromatic carbocycles. The molecule has 4 heteroatoms. The molecular weight excluding hydrogens is 226 g/mol. The van der Waals surface area contributed by atoms with E-state index in [0.717, 1.165) is 15.6 Å². The molecule has 15 heavy (non-hydrogen) atoms. The molecular formula is C11H9NOS2. The second kappa shape index (κ2) is 4.65. The molecule has 0 radical (unpaired) electrons. The van der Waals surface area contributed by atoms with Crippen LogP contribution in [0, 0.1) is 11.3 Å². The summed E-state index contributed by atoms with van der Waals surface area (Å²) in [5.41, 5.74) is 1.43. The zero-order valence-electron chi connectivity index (χ0n) is 7.97. The van der Waals surface area contributed by atoms with E-state index in [0.29, 0.717) is 11.3 Å². The van der Waals surface area contributed by atoms with Gasteiger partial charge in [-0.05, 0) is 5.56 Å². The van der Waals surface area contributed by atoms with Gasteiger partial charge in [-0.1, -0.05) is 30.3 Å². The van der Waals surface area contributed by atoms with Crippen LogP contribution in [0.25, 0.3) is 5.57 Å². The van der Waals surface area contributed by atoms with Crippen LogP contribution in [0.2, 0.25) is 0 Å². The Bertz CT molecular complexity index is 459. The maximum absolute atomic E-state index is 11.6. The molecule has 2 rings (SSSR count). The Morgan fingerprint density at radius 2 is 2.13 bits per heavy atom. The van der Waals surface area contributed by atoms with Gasteiger partial charge in [0.1, 0.15) is 6.07 Å². The van der Waals surface area contributed by atoms with Crippen molar-refractivity contribution in [3.05, 3.63) is 40.1 Å². The lowest BCUT2D eigenvalue weighted by Crippen LogP contribution is -1.92. The van der Waals surface area contributed by atoms with Gasteiger partial charge in [0.2, 0.25) is 0 Å². The normalized spacial score (nSPS) is 23.5. The minimum absolute atomic E-state index is 0.566. The van der Waals surface area contributed by atoms with Gasteiger partial charge >= 0.3 is 0 Å². The molecule has 0 aromatic heterocycles. The van der Waals surface area contributed by atoms with Gasteiger partial charge < -0.3 is 0 Å². The number of hydrogen-bond acceptors (Lipinski definition) is 3. The summed E-state index contributed by atoms with van der Waals surface area (Å²) in [6.07, 6.45) is 0. The van der Waals surface area contributed by atoms with E-state index in [1.807, 2.05) is 30.3 Å². The smallest absolute Gasteiger partial charge is 0.102 e. The highest BCUT2D eigenvalue weighted by atomic mass is 32.2. The summed E-state index contributed by atoms with van der Waals surface area (Å²) < 4.78 is 12.4. The Labute approximate surface area is 95.5 Å². The second-order valence-electron chi connectivity index (χ2n) is 3.04. The fourth-order valence-corrected chi connectivity index (χ4v) is 4.42. The quantitative estimate of drug-likeness (QED) is 0.702. The molecule has 1 aliphatic rings. The highest BCUT2D eigenvalue weighted by molar-refractivity contribution is 8.19. The molecule has 1 saturated heterocycles. The Hall–Kier alpha value is -1.05. The Morgan fingerprint density at radius 1 is 1.40 bits per heavy atom. The number of rotatable bonds is 1. The minimum atomic E-state index is -0.971. The first-order chi connectivity index (χ1) is 7.33. The molecule has 1 atom stereocenters. The summed E-state index contributed by atoms with van der Waals surface area (Å²) in [5.74, 6) is 1.51. The molecule has 1 aromatic rings. The predicted molar refractivity (Wildman–Crippen MR) is 64.4 cm³/mol. The number of allylic oxidation sites excluding steroid dienone is 1. The molecule has 2 nitrogen and oxygen atoms in total. The van der Waals surface area contributed by atoms with Gasteiger partial charge in [-0.2, -0.15) is 5.26 Å². The number of nitriles is 1. The van der Waals surface area contributed by atoms with Gasteiger partial charge in [-0.25, -0.2) is 0 Å². The van der Waals surface area contributed by atoms with Crippen LogP contribution in [0.1, 0.15) is 5.56 Å². The maximum atomic E-state index is 11.6. The lowest BCUT2D eigenvalue weighted by atomic mass is 10.1. The first kappa shape index (κ1) is 10.5. The molecule has 1 aliphatic heterocycles. The molecule has 0 N–H and O–H groups in total. The van der Waals surface area contributed by atoms with E-state index in [1.54, 1.807) is 0 Å². The van der Waals surface area contributed by atoms with Crippen LogP contribution in [0.4, 0.5) is 0 Å². The van der Waals surface area contributed by atoms with Crippen molar-refractivity contribution in [3.63, 3.8) is 0 Å². The van der Waals surface area contributed by atoms with Gasteiger partial charge in [0.05, 0.1) is 20.6 Å².